The summed E-state index contributed by atoms with van der Waals surface area (Å²) in [5.74, 6) is 0.876. The molecule has 1 N–H and O–H groups in total. The van der Waals surface area contributed by atoms with Gasteiger partial charge in [-0.25, -0.2) is 0 Å². The molecule has 0 aromatic rings. The third-order valence-electron chi connectivity index (χ3n) is 3.82. The molecule has 2 atom stereocenters. The largest absolute Gasteiger partial charge is 0.469 e. The maximum atomic E-state index is 11.8. The van der Waals surface area contributed by atoms with Crippen LogP contribution in [0, 0.1) is 17.8 Å². The second-order valence-electron chi connectivity index (χ2n) is 5.15. The van der Waals surface area contributed by atoms with Crippen LogP contribution in [-0.2, 0) is 9.53 Å². The van der Waals surface area contributed by atoms with E-state index in [1.807, 2.05) is 7.05 Å². The summed E-state index contributed by atoms with van der Waals surface area (Å²) < 4.78 is 4.94. The van der Waals surface area contributed by atoms with Gasteiger partial charge in [-0.05, 0) is 31.7 Å². The summed E-state index contributed by atoms with van der Waals surface area (Å²) in [6.45, 7) is 4.20. The number of methoxy groups -OCH3 is 1. The van der Waals surface area contributed by atoms with Crippen molar-refractivity contribution in [2.75, 3.05) is 14.2 Å². The molecule has 2 unspecified atom stereocenters. The molecule has 1 aliphatic rings. The van der Waals surface area contributed by atoms with Crippen LogP contribution in [0.3, 0.4) is 0 Å². The van der Waals surface area contributed by atoms with E-state index in [4.69, 9.17) is 4.74 Å². The Morgan fingerprint density at radius 3 is 2.25 bits per heavy atom. The van der Waals surface area contributed by atoms with Crippen molar-refractivity contribution in [2.24, 2.45) is 17.8 Å². The summed E-state index contributed by atoms with van der Waals surface area (Å²) in [7, 11) is 3.44. The molecular weight excluding hydrogens is 202 g/mol. The molecule has 3 nitrogen and oxygen atoms in total. The Balaban J connectivity index is 2.76. The number of hydrogen-bond acceptors (Lipinski definition) is 3. The number of carbonyl (C=O) groups is 1. The minimum Gasteiger partial charge on any atom is -0.469 e. The van der Waals surface area contributed by atoms with Gasteiger partial charge in [-0.3, -0.25) is 4.79 Å². The van der Waals surface area contributed by atoms with E-state index in [0.717, 1.165) is 0 Å². The first-order valence-electron chi connectivity index (χ1n) is 6.37. The van der Waals surface area contributed by atoms with Gasteiger partial charge in [0.05, 0.1) is 13.0 Å². The first-order valence-corrected chi connectivity index (χ1v) is 6.37. The van der Waals surface area contributed by atoms with Gasteiger partial charge < -0.3 is 10.1 Å². The van der Waals surface area contributed by atoms with E-state index in [0.29, 0.717) is 11.8 Å². The number of ether oxygens (including phenoxy) is 1. The predicted molar refractivity (Wildman–Crippen MR) is 65.1 cm³/mol. The highest BCUT2D eigenvalue weighted by molar-refractivity contribution is 5.73. The standard InChI is InChI=1S/C13H25NO2/c1-9(2)11(13(15)16-4)12(14-3)10-7-5-6-8-10/h9-12,14H,5-8H2,1-4H3. The lowest BCUT2D eigenvalue weighted by molar-refractivity contribution is -0.148. The highest BCUT2D eigenvalue weighted by Crippen LogP contribution is 2.33. The Morgan fingerprint density at radius 1 is 1.31 bits per heavy atom. The van der Waals surface area contributed by atoms with Gasteiger partial charge in [0.25, 0.3) is 0 Å². The van der Waals surface area contributed by atoms with Gasteiger partial charge in [0.1, 0.15) is 0 Å². The predicted octanol–water partition coefficient (Wildman–Crippen LogP) is 2.21. The van der Waals surface area contributed by atoms with Crippen molar-refractivity contribution >= 4 is 5.97 Å². The summed E-state index contributed by atoms with van der Waals surface area (Å²) >= 11 is 0. The lowest BCUT2D eigenvalue weighted by atomic mass is 9.80. The molecule has 1 fully saturated rings. The second kappa shape index (κ2) is 6.24. The first-order chi connectivity index (χ1) is 7.61. The molecule has 16 heavy (non-hydrogen) atoms. The molecule has 1 saturated carbocycles. The minimum atomic E-state index is -0.0683. The van der Waals surface area contributed by atoms with E-state index in [1.165, 1.54) is 32.8 Å². The second-order valence-corrected chi connectivity index (χ2v) is 5.15. The third kappa shape index (κ3) is 2.97. The van der Waals surface area contributed by atoms with Gasteiger partial charge in [-0.15, -0.1) is 0 Å². The van der Waals surface area contributed by atoms with Gasteiger partial charge in [0, 0.05) is 6.04 Å². The molecule has 94 valence electrons. The normalized spacial score (nSPS) is 21.1. The van der Waals surface area contributed by atoms with Crippen LogP contribution in [-0.4, -0.2) is 26.2 Å². The van der Waals surface area contributed by atoms with Gasteiger partial charge in [0.2, 0.25) is 0 Å². The summed E-state index contributed by atoms with van der Waals surface area (Å²) in [6, 6.07) is 0.273. The van der Waals surface area contributed by atoms with E-state index in [1.54, 1.807) is 0 Å². The van der Waals surface area contributed by atoms with Gasteiger partial charge >= 0.3 is 5.97 Å². The van der Waals surface area contributed by atoms with E-state index >= 15 is 0 Å². The summed E-state index contributed by atoms with van der Waals surface area (Å²) in [5, 5.41) is 3.34. The summed E-state index contributed by atoms with van der Waals surface area (Å²) in [6.07, 6.45) is 5.08. The van der Waals surface area contributed by atoms with E-state index in [9.17, 15) is 4.79 Å². The topological polar surface area (TPSA) is 38.3 Å². The van der Waals surface area contributed by atoms with Crippen LogP contribution in [0.15, 0.2) is 0 Å². The minimum absolute atomic E-state index is 0.0156. The number of hydrogen-bond donors (Lipinski definition) is 1. The summed E-state index contributed by atoms with van der Waals surface area (Å²) in [4.78, 5) is 11.8. The Labute approximate surface area is 98.9 Å². The Morgan fingerprint density at radius 2 is 1.88 bits per heavy atom. The molecule has 0 aromatic carbocycles. The van der Waals surface area contributed by atoms with E-state index < -0.39 is 0 Å². The molecule has 1 rings (SSSR count). The average molecular weight is 227 g/mol. The number of esters is 1. The Hall–Kier alpha value is -0.570. The van der Waals surface area contributed by atoms with Crippen molar-refractivity contribution in [3.63, 3.8) is 0 Å². The SMILES string of the molecule is CNC(C1CCCC1)C(C(=O)OC)C(C)C. The number of rotatable bonds is 5. The van der Waals surface area contributed by atoms with E-state index in [-0.39, 0.29) is 17.9 Å². The maximum absolute atomic E-state index is 11.8. The van der Waals surface area contributed by atoms with Crippen LogP contribution in [0.25, 0.3) is 0 Å². The fourth-order valence-corrected chi connectivity index (χ4v) is 2.99. The fraction of sp³-hybridized carbons (Fsp3) is 0.923. The lowest BCUT2D eigenvalue weighted by Crippen LogP contribution is -2.45. The monoisotopic (exact) mass is 227 g/mol. The zero-order valence-electron chi connectivity index (χ0n) is 11.0. The summed E-state index contributed by atoms with van der Waals surface area (Å²) in [5.41, 5.74) is 0. The van der Waals surface area contributed by atoms with Crippen molar-refractivity contribution < 1.29 is 9.53 Å². The first kappa shape index (κ1) is 13.5. The zero-order valence-corrected chi connectivity index (χ0v) is 11.0. The van der Waals surface area contributed by atoms with Crippen molar-refractivity contribution in [2.45, 2.75) is 45.6 Å². The molecular formula is C13H25NO2. The van der Waals surface area contributed by atoms with Gasteiger partial charge in [-0.1, -0.05) is 26.7 Å². The maximum Gasteiger partial charge on any atom is 0.310 e. The van der Waals surface area contributed by atoms with Crippen LogP contribution >= 0.6 is 0 Å². The number of carbonyl (C=O) groups excluding carboxylic acids is 1. The third-order valence-corrected chi connectivity index (χ3v) is 3.82. The van der Waals surface area contributed by atoms with Crippen LogP contribution < -0.4 is 5.32 Å². The Bertz CT molecular complexity index is 222. The molecule has 3 heteroatoms. The van der Waals surface area contributed by atoms with Crippen molar-refractivity contribution in [3.05, 3.63) is 0 Å². The van der Waals surface area contributed by atoms with Crippen LogP contribution in [0.1, 0.15) is 39.5 Å². The van der Waals surface area contributed by atoms with Gasteiger partial charge in [0.15, 0.2) is 0 Å². The smallest absolute Gasteiger partial charge is 0.310 e. The highest BCUT2D eigenvalue weighted by Gasteiger charge is 2.37. The molecule has 0 amide bonds. The fourth-order valence-electron chi connectivity index (χ4n) is 2.99. The van der Waals surface area contributed by atoms with E-state index in [2.05, 4.69) is 19.2 Å². The molecule has 0 aliphatic heterocycles. The van der Waals surface area contributed by atoms with Crippen LogP contribution in [0.5, 0.6) is 0 Å². The lowest BCUT2D eigenvalue weighted by Gasteiger charge is -2.32. The van der Waals surface area contributed by atoms with Crippen molar-refractivity contribution in [1.82, 2.24) is 5.32 Å². The molecule has 0 radical (unpaired) electrons. The molecule has 0 bridgehead atoms. The molecule has 0 saturated heterocycles. The van der Waals surface area contributed by atoms with Crippen LogP contribution in [0.2, 0.25) is 0 Å². The molecule has 0 aromatic heterocycles. The molecule has 0 spiro atoms. The highest BCUT2D eigenvalue weighted by atomic mass is 16.5. The van der Waals surface area contributed by atoms with Crippen molar-refractivity contribution in [1.29, 1.82) is 0 Å². The zero-order chi connectivity index (χ0) is 12.1. The molecule has 1 aliphatic carbocycles. The number of nitrogens with one attached hydrogen (secondary N) is 1. The van der Waals surface area contributed by atoms with Gasteiger partial charge in [-0.2, -0.15) is 0 Å². The van der Waals surface area contributed by atoms with Crippen LogP contribution in [0.4, 0.5) is 0 Å². The van der Waals surface area contributed by atoms with Crippen molar-refractivity contribution in [3.8, 4) is 0 Å². The quantitative estimate of drug-likeness (QED) is 0.732. The average Bonchev–Trinajstić information content (AvgIpc) is 2.77. The Kier molecular flexibility index (Phi) is 5.26. The molecule has 0 heterocycles.